The summed E-state index contributed by atoms with van der Waals surface area (Å²) in [7, 11) is 0. The zero-order valence-corrected chi connectivity index (χ0v) is 9.56. The van der Waals surface area contributed by atoms with Gasteiger partial charge >= 0.3 is 0 Å². The van der Waals surface area contributed by atoms with E-state index in [9.17, 15) is 0 Å². The highest BCUT2D eigenvalue weighted by Gasteiger charge is 2.06. The molecule has 0 bridgehead atoms. The Labute approximate surface area is 92.4 Å². The van der Waals surface area contributed by atoms with Gasteiger partial charge in [0.2, 0.25) is 0 Å². The van der Waals surface area contributed by atoms with Crippen LogP contribution < -0.4 is 0 Å². The van der Waals surface area contributed by atoms with Crippen LogP contribution in [-0.2, 0) is 0 Å². The molecule has 3 rings (SSSR count). The molecule has 2 heteroatoms. The third-order valence-electron chi connectivity index (χ3n) is 2.71. The number of hydrogen-bond donors (Lipinski definition) is 0. The lowest BCUT2D eigenvalue weighted by Crippen LogP contribution is -1.79. The summed E-state index contributed by atoms with van der Waals surface area (Å²) in [5.41, 5.74) is 2.49. The number of rotatable bonds is 0. The molecule has 0 fully saturated rings. The van der Waals surface area contributed by atoms with E-state index in [1.54, 1.807) is 11.3 Å². The van der Waals surface area contributed by atoms with Gasteiger partial charge in [-0.15, -0.1) is 11.3 Å². The molecule has 0 N–H and O–H groups in total. The maximum atomic E-state index is 4.60. The minimum atomic E-state index is 1.14. The molecule has 0 atom stereocenters. The monoisotopic (exact) mass is 213 g/mol. The number of aryl methyl sites for hydroxylation is 2. The molecule has 15 heavy (non-hydrogen) atoms. The van der Waals surface area contributed by atoms with E-state index in [-0.39, 0.29) is 0 Å². The Hall–Kier alpha value is -1.41. The van der Waals surface area contributed by atoms with Gasteiger partial charge in [-0.2, -0.15) is 0 Å². The molecule has 0 saturated heterocycles. The van der Waals surface area contributed by atoms with E-state index in [1.807, 2.05) is 0 Å². The minimum absolute atomic E-state index is 1.14. The maximum Gasteiger partial charge on any atom is 0.0908 e. The van der Waals surface area contributed by atoms with Crippen LogP contribution in [0.1, 0.15) is 10.6 Å². The highest BCUT2D eigenvalue weighted by atomic mass is 32.1. The first-order valence-electron chi connectivity index (χ1n) is 5.01. The van der Waals surface area contributed by atoms with Crippen LogP contribution in [0.15, 0.2) is 30.3 Å². The first-order chi connectivity index (χ1) is 7.25. The Morgan fingerprint density at radius 1 is 1.07 bits per heavy atom. The number of nitrogens with zero attached hydrogens (tertiary/aromatic N) is 1. The Kier molecular flexibility index (Phi) is 1.80. The van der Waals surface area contributed by atoms with Crippen molar-refractivity contribution in [1.82, 2.24) is 4.98 Å². The first kappa shape index (κ1) is 8.86. The smallest absolute Gasteiger partial charge is 0.0908 e. The zero-order chi connectivity index (χ0) is 10.4. The van der Waals surface area contributed by atoms with Crippen LogP contribution in [-0.4, -0.2) is 4.98 Å². The van der Waals surface area contributed by atoms with Crippen molar-refractivity contribution in [2.75, 3.05) is 0 Å². The van der Waals surface area contributed by atoms with E-state index < -0.39 is 0 Å². The largest absolute Gasteiger partial charge is 0.241 e. The van der Waals surface area contributed by atoms with Crippen molar-refractivity contribution in [3.8, 4) is 0 Å². The van der Waals surface area contributed by atoms with Crippen molar-refractivity contribution in [2.45, 2.75) is 13.8 Å². The van der Waals surface area contributed by atoms with Crippen molar-refractivity contribution in [3.05, 3.63) is 40.9 Å². The second-order valence-electron chi connectivity index (χ2n) is 3.82. The Balaban J connectivity index is 2.62. The van der Waals surface area contributed by atoms with E-state index >= 15 is 0 Å². The molecule has 0 aliphatic carbocycles. The highest BCUT2D eigenvalue weighted by molar-refractivity contribution is 7.18. The van der Waals surface area contributed by atoms with E-state index in [0.29, 0.717) is 0 Å². The predicted octanol–water partition coefficient (Wildman–Crippen LogP) is 4.07. The van der Waals surface area contributed by atoms with Gasteiger partial charge in [0, 0.05) is 5.39 Å². The van der Waals surface area contributed by atoms with Crippen LogP contribution >= 0.6 is 11.3 Å². The third kappa shape index (κ3) is 1.25. The van der Waals surface area contributed by atoms with Gasteiger partial charge in [-0.05, 0) is 30.9 Å². The molecule has 0 spiro atoms. The molecule has 3 aromatic rings. The van der Waals surface area contributed by atoms with Gasteiger partial charge in [0.25, 0.3) is 0 Å². The van der Waals surface area contributed by atoms with E-state index in [2.05, 4.69) is 49.2 Å². The molecule has 1 nitrogen and oxygen atoms in total. The summed E-state index contributed by atoms with van der Waals surface area (Å²) in [4.78, 5) is 4.60. The van der Waals surface area contributed by atoms with Crippen LogP contribution in [0.4, 0.5) is 0 Å². The summed E-state index contributed by atoms with van der Waals surface area (Å²) in [6.45, 7) is 4.23. The van der Waals surface area contributed by atoms with Crippen molar-refractivity contribution >= 4 is 32.3 Å². The molecule has 0 aliphatic rings. The summed E-state index contributed by atoms with van der Waals surface area (Å²) in [6, 6.07) is 10.7. The molecule has 0 radical (unpaired) electrons. The SMILES string of the molecule is Cc1nc2c(cc(C)c3ccccc32)s1. The fraction of sp³-hybridized carbons (Fsp3) is 0.154. The number of thiazole rings is 1. The average Bonchev–Trinajstić information content (AvgIpc) is 2.59. The summed E-state index contributed by atoms with van der Waals surface area (Å²) in [5.74, 6) is 0. The molecular weight excluding hydrogens is 202 g/mol. The van der Waals surface area contributed by atoms with E-state index in [0.717, 1.165) is 10.5 Å². The molecule has 1 aromatic heterocycles. The standard InChI is InChI=1S/C13H11NS/c1-8-7-12-13(14-9(2)15-12)11-6-4-3-5-10(8)11/h3-7H,1-2H3. The second-order valence-corrected chi connectivity index (χ2v) is 5.05. The summed E-state index contributed by atoms with van der Waals surface area (Å²) >= 11 is 1.77. The summed E-state index contributed by atoms with van der Waals surface area (Å²) < 4.78 is 1.30. The predicted molar refractivity (Wildman–Crippen MR) is 66.6 cm³/mol. The molecular formula is C13H11NS. The number of hydrogen-bond acceptors (Lipinski definition) is 2. The van der Waals surface area contributed by atoms with Crippen LogP contribution in [0.25, 0.3) is 21.0 Å². The van der Waals surface area contributed by atoms with Crippen LogP contribution in [0, 0.1) is 13.8 Å². The highest BCUT2D eigenvalue weighted by Crippen LogP contribution is 2.31. The Bertz CT molecular complexity index is 652. The molecule has 0 amide bonds. The molecule has 2 aromatic carbocycles. The molecule has 1 heterocycles. The lowest BCUT2D eigenvalue weighted by Gasteiger charge is -2.01. The van der Waals surface area contributed by atoms with Crippen LogP contribution in [0.2, 0.25) is 0 Å². The van der Waals surface area contributed by atoms with Gasteiger partial charge in [-0.1, -0.05) is 24.3 Å². The third-order valence-corrected chi connectivity index (χ3v) is 3.63. The van der Waals surface area contributed by atoms with Crippen LogP contribution in [0.5, 0.6) is 0 Å². The molecule has 0 unspecified atom stereocenters. The van der Waals surface area contributed by atoms with Gasteiger partial charge in [-0.3, -0.25) is 0 Å². The van der Waals surface area contributed by atoms with Gasteiger partial charge < -0.3 is 0 Å². The van der Waals surface area contributed by atoms with Crippen molar-refractivity contribution in [1.29, 1.82) is 0 Å². The topological polar surface area (TPSA) is 12.9 Å². The van der Waals surface area contributed by atoms with Gasteiger partial charge in [0.05, 0.1) is 15.2 Å². The van der Waals surface area contributed by atoms with Crippen LogP contribution in [0.3, 0.4) is 0 Å². The summed E-state index contributed by atoms with van der Waals surface area (Å²) in [6.07, 6.45) is 0. The van der Waals surface area contributed by atoms with Gasteiger partial charge in [-0.25, -0.2) is 4.98 Å². The molecule has 0 saturated carbocycles. The van der Waals surface area contributed by atoms with Crippen molar-refractivity contribution in [3.63, 3.8) is 0 Å². The molecule has 0 aliphatic heterocycles. The fourth-order valence-corrected chi connectivity index (χ4v) is 2.98. The van der Waals surface area contributed by atoms with Crippen molar-refractivity contribution < 1.29 is 0 Å². The summed E-state index contributed by atoms with van der Waals surface area (Å²) in [5, 5.41) is 3.73. The first-order valence-corrected chi connectivity index (χ1v) is 5.83. The number of benzene rings is 2. The lowest BCUT2D eigenvalue weighted by atomic mass is 10.0. The minimum Gasteiger partial charge on any atom is -0.241 e. The fourth-order valence-electron chi connectivity index (χ4n) is 2.04. The Morgan fingerprint density at radius 3 is 2.60 bits per heavy atom. The zero-order valence-electron chi connectivity index (χ0n) is 8.74. The lowest BCUT2D eigenvalue weighted by molar-refractivity contribution is 1.35. The average molecular weight is 213 g/mol. The maximum absolute atomic E-state index is 4.60. The van der Waals surface area contributed by atoms with E-state index in [4.69, 9.17) is 0 Å². The number of aromatic nitrogens is 1. The van der Waals surface area contributed by atoms with Gasteiger partial charge in [0.1, 0.15) is 0 Å². The normalized spacial score (nSPS) is 11.3. The number of fused-ring (bicyclic) bond motifs is 3. The Morgan fingerprint density at radius 2 is 1.80 bits per heavy atom. The second kappa shape index (κ2) is 3.04. The quantitative estimate of drug-likeness (QED) is 0.548. The van der Waals surface area contributed by atoms with E-state index in [1.165, 1.54) is 21.0 Å². The molecule has 74 valence electrons. The van der Waals surface area contributed by atoms with Crippen molar-refractivity contribution in [2.24, 2.45) is 0 Å². The van der Waals surface area contributed by atoms with Gasteiger partial charge in [0.15, 0.2) is 0 Å².